The summed E-state index contributed by atoms with van der Waals surface area (Å²) in [7, 11) is 3.95. The van der Waals surface area contributed by atoms with Gasteiger partial charge in [-0.15, -0.1) is 0 Å². The number of imide groups is 1. The Morgan fingerprint density at radius 2 is 1.04 bits per heavy atom. The van der Waals surface area contributed by atoms with Crippen LogP contribution in [0.25, 0.3) is 43.1 Å². The summed E-state index contributed by atoms with van der Waals surface area (Å²) >= 11 is 0. The van der Waals surface area contributed by atoms with Gasteiger partial charge in [0.15, 0.2) is 6.23 Å². The van der Waals surface area contributed by atoms with Gasteiger partial charge < -0.3 is 14.9 Å². The lowest BCUT2D eigenvalue weighted by Gasteiger charge is -2.35. The molecule has 2 aliphatic rings. The number of benzene rings is 6. The van der Waals surface area contributed by atoms with Gasteiger partial charge >= 0.3 is 0 Å². The topological polar surface area (TPSA) is 81.2 Å². The first-order valence-electron chi connectivity index (χ1n) is 19.1. The predicted molar refractivity (Wildman–Crippen MR) is 210 cm³/mol. The molecule has 8 rings (SSSR count). The molecule has 0 aromatic heterocycles. The van der Waals surface area contributed by atoms with Crippen LogP contribution < -0.4 is 4.90 Å². The first-order chi connectivity index (χ1) is 25.3. The number of aliphatic hydroxyl groups excluding tert-OH is 1. The molecule has 0 bridgehead atoms. The van der Waals surface area contributed by atoms with Crippen molar-refractivity contribution in [2.75, 3.05) is 25.5 Å². The van der Waals surface area contributed by atoms with Gasteiger partial charge in [0.2, 0.25) is 0 Å². The highest BCUT2D eigenvalue weighted by Crippen LogP contribution is 2.47. The van der Waals surface area contributed by atoms with Gasteiger partial charge in [-0.05, 0) is 74.6 Å². The lowest BCUT2D eigenvalue weighted by molar-refractivity contribution is 0.00419. The van der Waals surface area contributed by atoms with Gasteiger partial charge in [0, 0.05) is 59.4 Å². The summed E-state index contributed by atoms with van der Waals surface area (Å²) in [4.78, 5) is 47.0. The minimum absolute atomic E-state index is 0.136. The molecule has 0 saturated heterocycles. The molecule has 0 fully saturated rings. The fourth-order valence-corrected chi connectivity index (χ4v) is 8.70. The van der Waals surface area contributed by atoms with E-state index in [1.54, 1.807) is 4.90 Å². The third kappa shape index (κ3) is 5.57. The normalized spacial score (nSPS) is 15.7. The smallest absolute Gasteiger partial charge is 0.261 e. The number of unbranched alkanes of at least 4 members (excludes halogenated alkanes) is 9. The molecule has 6 aromatic carbocycles. The number of hydrogen-bond acceptors (Lipinski definition) is 5. The highest BCUT2D eigenvalue weighted by molar-refractivity contribution is 6.39. The number of carbonyl (C=O) groups excluding carboxylic acids is 3. The Morgan fingerprint density at radius 3 is 1.58 bits per heavy atom. The number of aliphatic hydroxyl groups is 1. The fraction of sp³-hybridized carbons (Fsp3) is 0.356. The van der Waals surface area contributed by atoms with Crippen molar-refractivity contribution in [2.45, 2.75) is 83.9 Å². The standard InChI is InChI=1S/C45H47N3O4/c1-4-5-6-7-8-9-10-11-12-13-26-47-42(49)34-22-18-30-32-20-24-36-41-37(45(52)48(44(36)51)27-28-14-16-29(17-15-28)46(2)3)25-21-33(39(32)41)31-19-23-35(43(47)50)40(34)38(30)31/h14-25,42,49H,4-13,26-27H2,1-3H3. The molecule has 1 atom stereocenters. The van der Waals surface area contributed by atoms with Crippen molar-refractivity contribution < 1.29 is 19.5 Å². The van der Waals surface area contributed by atoms with Gasteiger partial charge in [0.25, 0.3) is 17.7 Å². The van der Waals surface area contributed by atoms with Crippen LogP contribution in [-0.4, -0.2) is 53.3 Å². The lowest BCUT2D eigenvalue weighted by atomic mass is 9.82. The minimum Gasteiger partial charge on any atom is -0.378 e. The van der Waals surface area contributed by atoms with Crippen molar-refractivity contribution in [3.05, 3.63) is 101 Å². The van der Waals surface area contributed by atoms with Crippen molar-refractivity contribution >= 4 is 66.5 Å². The summed E-state index contributed by atoms with van der Waals surface area (Å²) in [5.74, 6) is -0.737. The fourth-order valence-electron chi connectivity index (χ4n) is 8.70. The van der Waals surface area contributed by atoms with Crippen LogP contribution in [0.4, 0.5) is 5.69 Å². The first-order valence-corrected chi connectivity index (χ1v) is 19.1. The Labute approximate surface area is 305 Å². The van der Waals surface area contributed by atoms with Gasteiger partial charge in [0.1, 0.15) is 0 Å². The summed E-state index contributed by atoms with van der Waals surface area (Å²) in [6, 6.07) is 23.4. The number of anilines is 1. The highest BCUT2D eigenvalue weighted by Gasteiger charge is 2.36. The van der Waals surface area contributed by atoms with Gasteiger partial charge in [-0.25, -0.2) is 0 Å². The van der Waals surface area contributed by atoms with Crippen LogP contribution in [0.1, 0.15) is 120 Å². The Morgan fingerprint density at radius 1 is 0.558 bits per heavy atom. The van der Waals surface area contributed by atoms with Crippen LogP contribution in [0.3, 0.4) is 0 Å². The van der Waals surface area contributed by atoms with E-state index in [2.05, 4.69) is 6.92 Å². The molecule has 0 saturated carbocycles. The summed E-state index contributed by atoms with van der Waals surface area (Å²) in [5.41, 5.74) is 4.32. The van der Waals surface area contributed by atoms with Crippen molar-refractivity contribution in [1.82, 2.24) is 9.80 Å². The second-order valence-electron chi connectivity index (χ2n) is 15.0. The molecule has 6 aromatic rings. The maximum atomic E-state index is 14.0. The summed E-state index contributed by atoms with van der Waals surface area (Å²) in [5, 5.41) is 18.7. The molecule has 1 unspecified atom stereocenters. The van der Waals surface area contributed by atoms with E-state index >= 15 is 0 Å². The highest BCUT2D eigenvalue weighted by atomic mass is 16.3. The Hall–Kier alpha value is -5.01. The SMILES string of the molecule is CCCCCCCCCCCCN1C(=O)c2ccc3c4ccc5c6c(ccc(c7ccc(c2c37)C1O)c64)C(=O)N(Cc1ccc(N(C)C)cc1)C5=O. The van der Waals surface area contributed by atoms with Gasteiger partial charge in [-0.1, -0.05) is 107 Å². The van der Waals surface area contributed by atoms with Crippen molar-refractivity contribution in [3.8, 4) is 0 Å². The van der Waals surface area contributed by atoms with E-state index in [0.29, 0.717) is 28.6 Å². The van der Waals surface area contributed by atoms with Crippen LogP contribution >= 0.6 is 0 Å². The molecule has 52 heavy (non-hydrogen) atoms. The van der Waals surface area contributed by atoms with E-state index in [1.165, 1.54) is 49.8 Å². The van der Waals surface area contributed by atoms with E-state index in [9.17, 15) is 19.5 Å². The number of amides is 3. The number of fused-ring (bicyclic) bond motifs is 2. The zero-order chi connectivity index (χ0) is 36.1. The Kier molecular flexibility index (Phi) is 9.08. The molecule has 2 heterocycles. The van der Waals surface area contributed by atoms with Gasteiger partial charge in [0.05, 0.1) is 6.54 Å². The molecule has 0 aliphatic carbocycles. The molecule has 266 valence electrons. The molecule has 7 heteroatoms. The quantitative estimate of drug-likeness (QED) is 0.0532. The summed E-state index contributed by atoms with van der Waals surface area (Å²) in [6.07, 6.45) is 11.1. The molecule has 0 radical (unpaired) electrons. The summed E-state index contributed by atoms with van der Waals surface area (Å²) < 4.78 is 0. The predicted octanol–water partition coefficient (Wildman–Crippen LogP) is 9.97. The molecule has 3 amide bonds. The Bertz CT molecular complexity index is 2270. The van der Waals surface area contributed by atoms with Gasteiger partial charge in [-0.2, -0.15) is 0 Å². The van der Waals surface area contributed by atoms with Crippen molar-refractivity contribution in [3.63, 3.8) is 0 Å². The maximum Gasteiger partial charge on any atom is 0.261 e. The second kappa shape index (κ2) is 13.8. The van der Waals surface area contributed by atoms with Crippen LogP contribution in [0.2, 0.25) is 0 Å². The number of rotatable bonds is 14. The van der Waals surface area contributed by atoms with Crippen molar-refractivity contribution in [2.24, 2.45) is 0 Å². The molecule has 2 aliphatic heterocycles. The zero-order valence-electron chi connectivity index (χ0n) is 30.5. The van der Waals surface area contributed by atoms with Crippen LogP contribution in [0, 0.1) is 0 Å². The maximum absolute atomic E-state index is 14.0. The number of hydrogen-bond donors (Lipinski definition) is 1. The molecule has 1 N–H and O–H groups in total. The largest absolute Gasteiger partial charge is 0.378 e. The van der Waals surface area contributed by atoms with E-state index < -0.39 is 6.23 Å². The van der Waals surface area contributed by atoms with E-state index in [0.717, 1.165) is 73.8 Å². The second-order valence-corrected chi connectivity index (χ2v) is 15.0. The third-order valence-electron chi connectivity index (χ3n) is 11.5. The summed E-state index contributed by atoms with van der Waals surface area (Å²) in [6.45, 7) is 2.96. The number of nitrogens with zero attached hydrogens (tertiary/aromatic N) is 3. The number of carbonyl (C=O) groups is 3. The van der Waals surface area contributed by atoms with E-state index in [-0.39, 0.29) is 24.3 Å². The van der Waals surface area contributed by atoms with Crippen LogP contribution in [0.5, 0.6) is 0 Å². The van der Waals surface area contributed by atoms with Crippen LogP contribution in [0.15, 0.2) is 72.8 Å². The van der Waals surface area contributed by atoms with Gasteiger partial charge in [-0.3, -0.25) is 19.3 Å². The minimum atomic E-state index is -1.01. The first kappa shape index (κ1) is 34.1. The molecular formula is C45H47N3O4. The third-order valence-corrected chi connectivity index (χ3v) is 11.5. The van der Waals surface area contributed by atoms with E-state index in [1.807, 2.05) is 91.8 Å². The molecule has 7 nitrogen and oxygen atoms in total. The molecular weight excluding hydrogens is 647 g/mol. The molecule has 0 spiro atoms. The van der Waals surface area contributed by atoms with E-state index in [4.69, 9.17) is 0 Å². The lowest BCUT2D eigenvalue weighted by Crippen LogP contribution is -2.39. The average Bonchev–Trinajstić information content (AvgIpc) is 3.16. The zero-order valence-corrected chi connectivity index (χ0v) is 30.5. The Balaban J connectivity index is 1.09. The average molecular weight is 694 g/mol. The monoisotopic (exact) mass is 693 g/mol. The van der Waals surface area contributed by atoms with Crippen molar-refractivity contribution in [1.29, 1.82) is 0 Å². The van der Waals surface area contributed by atoms with Crippen LogP contribution in [-0.2, 0) is 6.54 Å².